The molecule has 1 atom stereocenters. The van der Waals surface area contributed by atoms with Crippen molar-refractivity contribution in [2.75, 3.05) is 23.7 Å². The van der Waals surface area contributed by atoms with Gasteiger partial charge in [0.15, 0.2) is 10.9 Å². The molecular weight excluding hydrogens is 506 g/mol. The lowest BCUT2D eigenvalue weighted by molar-refractivity contribution is -0.134. The van der Waals surface area contributed by atoms with Gasteiger partial charge >= 0.3 is 0 Å². The second-order valence-corrected chi connectivity index (χ2v) is 12.3. The summed E-state index contributed by atoms with van der Waals surface area (Å²) < 4.78 is 6.97. The third-order valence-corrected chi connectivity index (χ3v) is 8.07. The quantitative estimate of drug-likeness (QED) is 0.244. The van der Waals surface area contributed by atoms with E-state index in [-0.39, 0.29) is 29.7 Å². The molecule has 3 aromatic rings. The molecule has 2 aromatic heterocycles. The number of nitrogens with one attached hydrogen (secondary N) is 2. The molecule has 37 heavy (non-hydrogen) atoms. The van der Waals surface area contributed by atoms with Crippen LogP contribution in [-0.4, -0.2) is 45.7 Å². The van der Waals surface area contributed by atoms with Gasteiger partial charge in [-0.1, -0.05) is 50.8 Å². The highest BCUT2D eigenvalue weighted by Gasteiger charge is 2.26. The Morgan fingerprint density at radius 3 is 2.76 bits per heavy atom. The highest BCUT2D eigenvalue weighted by molar-refractivity contribution is 8.00. The summed E-state index contributed by atoms with van der Waals surface area (Å²) >= 11 is 3.26. The van der Waals surface area contributed by atoms with Crippen LogP contribution in [0.5, 0.6) is 0 Å². The molecule has 1 amide bonds. The van der Waals surface area contributed by atoms with Crippen LogP contribution in [0.3, 0.4) is 0 Å². The van der Waals surface area contributed by atoms with Gasteiger partial charge in [-0.05, 0) is 30.2 Å². The summed E-state index contributed by atoms with van der Waals surface area (Å²) in [5.74, 6) is 2.36. The molecular formula is C27H33N5O3S2. The molecule has 4 rings (SSSR count). The van der Waals surface area contributed by atoms with Crippen LogP contribution in [-0.2, 0) is 27.3 Å². The minimum absolute atomic E-state index is 0.0552. The zero-order chi connectivity index (χ0) is 26.4. The number of oxazole rings is 1. The number of carbonyl (C=O) groups is 2. The number of likely N-dealkylation sites (tertiary alicyclic amines) is 1. The van der Waals surface area contributed by atoms with E-state index in [0.29, 0.717) is 31.2 Å². The minimum atomic E-state index is -0.0586. The molecule has 3 heterocycles. The summed E-state index contributed by atoms with van der Waals surface area (Å²) in [7, 11) is 0. The summed E-state index contributed by atoms with van der Waals surface area (Å²) in [5.41, 5.74) is 1.85. The fourth-order valence-corrected chi connectivity index (χ4v) is 5.62. The largest absolute Gasteiger partial charge is 0.444 e. The first-order chi connectivity index (χ1) is 17.7. The van der Waals surface area contributed by atoms with Gasteiger partial charge < -0.3 is 20.0 Å². The Bertz CT molecular complexity index is 1230. The number of hydrogen-bond donors (Lipinski definition) is 2. The van der Waals surface area contributed by atoms with Crippen LogP contribution in [0.1, 0.15) is 50.8 Å². The molecule has 0 aliphatic carbocycles. The number of amides is 1. The normalized spacial score (nSPS) is 16.0. The van der Waals surface area contributed by atoms with Crippen LogP contribution >= 0.6 is 23.1 Å². The van der Waals surface area contributed by atoms with E-state index in [0.717, 1.165) is 32.8 Å². The standard InChI is InChI=1S/C27H33N5O3S2/c1-5-21(33)12-28-19-8-6-18(7-9-19)15-32-16-20(10-11-24(32)34)31-26-30-14-25(37-26)36-17-23-29-13-22(35-23)27(2,3)4/h5-9,13-14,20,28H,1,10-12,15-17H2,2-4H3,(H,30,31)/t20-/m1/s1. The van der Waals surface area contributed by atoms with Crippen molar-refractivity contribution in [2.24, 2.45) is 0 Å². The lowest BCUT2D eigenvalue weighted by Crippen LogP contribution is -2.44. The van der Waals surface area contributed by atoms with Gasteiger partial charge in [-0.3, -0.25) is 9.59 Å². The van der Waals surface area contributed by atoms with E-state index in [1.807, 2.05) is 41.6 Å². The van der Waals surface area contributed by atoms with Gasteiger partial charge in [-0.25, -0.2) is 9.97 Å². The van der Waals surface area contributed by atoms with Crippen molar-refractivity contribution in [3.63, 3.8) is 0 Å². The molecule has 0 spiro atoms. The fourth-order valence-electron chi connectivity index (χ4n) is 3.82. The third-order valence-electron chi connectivity index (χ3n) is 5.96. The molecule has 196 valence electrons. The van der Waals surface area contributed by atoms with Gasteiger partial charge in [0.05, 0.1) is 28.9 Å². The first-order valence-corrected chi connectivity index (χ1v) is 14.1. The number of nitrogens with zero attached hydrogens (tertiary/aromatic N) is 3. The summed E-state index contributed by atoms with van der Waals surface area (Å²) in [4.78, 5) is 34.8. The lowest BCUT2D eigenvalue weighted by atomic mass is 9.94. The number of aromatic nitrogens is 2. The van der Waals surface area contributed by atoms with E-state index in [1.165, 1.54) is 6.08 Å². The molecule has 0 radical (unpaired) electrons. The molecule has 1 aliphatic rings. The Morgan fingerprint density at radius 1 is 1.27 bits per heavy atom. The number of ketones is 1. The number of carbonyl (C=O) groups excluding carboxylic acids is 2. The predicted octanol–water partition coefficient (Wildman–Crippen LogP) is 5.49. The summed E-state index contributed by atoms with van der Waals surface area (Å²) in [6.07, 6.45) is 6.27. The number of benzene rings is 1. The average molecular weight is 540 g/mol. The van der Waals surface area contributed by atoms with Crippen LogP contribution < -0.4 is 10.6 Å². The maximum absolute atomic E-state index is 12.6. The minimum Gasteiger partial charge on any atom is -0.444 e. The van der Waals surface area contributed by atoms with Gasteiger partial charge in [-0.15, -0.1) is 11.8 Å². The Hall–Kier alpha value is -3.11. The van der Waals surface area contributed by atoms with Crippen molar-refractivity contribution in [2.45, 2.75) is 61.6 Å². The molecule has 0 saturated carbocycles. The van der Waals surface area contributed by atoms with Crippen molar-refractivity contribution >= 4 is 45.6 Å². The summed E-state index contributed by atoms with van der Waals surface area (Å²) in [6, 6.07) is 7.95. The van der Waals surface area contributed by atoms with Crippen molar-refractivity contribution in [1.29, 1.82) is 0 Å². The fraction of sp³-hybridized carbons (Fsp3) is 0.407. The van der Waals surface area contributed by atoms with Gasteiger partial charge in [0, 0.05) is 36.7 Å². The summed E-state index contributed by atoms with van der Waals surface area (Å²) in [5, 5.41) is 7.44. The third kappa shape index (κ3) is 7.69. The van der Waals surface area contributed by atoms with Crippen LogP contribution in [0.15, 0.2) is 57.9 Å². The van der Waals surface area contributed by atoms with Crippen LogP contribution in [0.4, 0.5) is 10.8 Å². The van der Waals surface area contributed by atoms with Gasteiger partial charge in [0.2, 0.25) is 11.8 Å². The number of anilines is 2. The van der Waals surface area contributed by atoms with E-state index in [1.54, 1.807) is 23.1 Å². The van der Waals surface area contributed by atoms with Crippen molar-refractivity contribution < 1.29 is 14.0 Å². The first kappa shape index (κ1) is 26.9. The molecule has 10 heteroatoms. The number of hydrogen-bond acceptors (Lipinski definition) is 9. The Labute approximate surface area is 226 Å². The number of piperidine rings is 1. The molecule has 0 bridgehead atoms. The lowest BCUT2D eigenvalue weighted by Gasteiger charge is -2.33. The highest BCUT2D eigenvalue weighted by atomic mass is 32.2. The molecule has 1 fully saturated rings. The SMILES string of the molecule is C=CC(=O)CNc1ccc(CN2C[C@H](Nc3ncc(SCc4ncc(C(C)(C)C)o4)s3)CCC2=O)cc1. The van der Waals surface area contributed by atoms with E-state index < -0.39 is 0 Å². The van der Waals surface area contributed by atoms with Crippen molar-refractivity contribution in [3.8, 4) is 0 Å². The Morgan fingerprint density at radius 2 is 2.05 bits per heavy atom. The maximum Gasteiger partial charge on any atom is 0.223 e. The molecule has 1 aromatic carbocycles. The number of rotatable bonds is 11. The molecule has 0 unspecified atom stereocenters. The zero-order valence-corrected chi connectivity index (χ0v) is 23.1. The second-order valence-electron chi connectivity index (χ2n) is 10.0. The van der Waals surface area contributed by atoms with Crippen molar-refractivity contribution in [3.05, 3.63) is 66.5 Å². The predicted molar refractivity (Wildman–Crippen MR) is 149 cm³/mol. The van der Waals surface area contributed by atoms with Gasteiger partial charge in [-0.2, -0.15) is 0 Å². The monoisotopic (exact) mass is 539 g/mol. The van der Waals surface area contributed by atoms with Gasteiger partial charge in [0.1, 0.15) is 5.76 Å². The molecule has 1 aliphatic heterocycles. The average Bonchev–Trinajstić information content (AvgIpc) is 3.54. The molecule has 1 saturated heterocycles. The highest BCUT2D eigenvalue weighted by Crippen LogP contribution is 2.32. The smallest absolute Gasteiger partial charge is 0.223 e. The van der Waals surface area contributed by atoms with E-state index in [4.69, 9.17) is 4.42 Å². The summed E-state index contributed by atoms with van der Waals surface area (Å²) in [6.45, 7) is 11.2. The van der Waals surface area contributed by atoms with Crippen LogP contribution in [0.2, 0.25) is 0 Å². The van der Waals surface area contributed by atoms with E-state index in [2.05, 4.69) is 48.0 Å². The number of thiazole rings is 1. The Balaban J connectivity index is 1.27. The maximum atomic E-state index is 12.6. The first-order valence-electron chi connectivity index (χ1n) is 12.3. The van der Waals surface area contributed by atoms with Crippen LogP contribution in [0, 0.1) is 0 Å². The molecule has 8 nitrogen and oxygen atoms in total. The zero-order valence-electron chi connectivity index (χ0n) is 21.5. The topological polar surface area (TPSA) is 100 Å². The second kappa shape index (κ2) is 12.0. The van der Waals surface area contributed by atoms with E-state index in [9.17, 15) is 9.59 Å². The Kier molecular flexibility index (Phi) is 8.71. The van der Waals surface area contributed by atoms with E-state index >= 15 is 0 Å². The van der Waals surface area contributed by atoms with Crippen LogP contribution in [0.25, 0.3) is 0 Å². The van der Waals surface area contributed by atoms with Crippen molar-refractivity contribution in [1.82, 2.24) is 14.9 Å². The van der Waals surface area contributed by atoms with Gasteiger partial charge in [0.25, 0.3) is 0 Å². The molecule has 2 N–H and O–H groups in total. The number of thioether (sulfide) groups is 1.